The van der Waals surface area contributed by atoms with Gasteiger partial charge in [-0.1, -0.05) is 84.0 Å². The zero-order valence-electron chi connectivity index (χ0n) is 35.8. The van der Waals surface area contributed by atoms with E-state index in [0.29, 0.717) is 159 Å². The van der Waals surface area contributed by atoms with E-state index >= 15 is 0 Å². The number of carbonyl (C=O) groups excluding carboxylic acids is 1. The summed E-state index contributed by atoms with van der Waals surface area (Å²) < 4.78 is 70.8. The van der Waals surface area contributed by atoms with Crippen LogP contribution in [0, 0.1) is 0 Å². The van der Waals surface area contributed by atoms with Crippen molar-refractivity contribution in [2.24, 2.45) is 0 Å². The third kappa shape index (κ3) is 51.0. The van der Waals surface area contributed by atoms with E-state index in [1.165, 1.54) is 77.0 Å². The van der Waals surface area contributed by atoms with Crippen LogP contribution < -0.4 is 0 Å². The van der Waals surface area contributed by atoms with Crippen LogP contribution in [0.15, 0.2) is 0 Å². The SMILES string of the molecule is CCCCCCCCCCCCCCCOCCOCCOCCOCCOCCOCCOCCOCCOCCOCCOCCOCCC(=O)OCC. The Balaban J connectivity index is 3.07. The van der Waals surface area contributed by atoms with Crippen LogP contribution >= 0.6 is 0 Å². The molecule has 0 aromatic rings. The van der Waals surface area contributed by atoms with Crippen LogP contribution in [-0.4, -0.2) is 171 Å². The number of carbonyl (C=O) groups is 1. The number of unbranched alkanes of at least 4 members (excludes halogenated alkanes) is 12. The van der Waals surface area contributed by atoms with Gasteiger partial charge < -0.3 is 61.6 Å². The molecule has 14 heteroatoms. The lowest BCUT2D eigenvalue weighted by molar-refractivity contribution is -0.144. The molecule has 0 unspecified atom stereocenters. The van der Waals surface area contributed by atoms with E-state index in [-0.39, 0.29) is 12.4 Å². The average Bonchev–Trinajstić information content (AvgIpc) is 3.20. The van der Waals surface area contributed by atoms with E-state index in [0.717, 1.165) is 13.0 Å². The maximum absolute atomic E-state index is 11.2. The zero-order valence-corrected chi connectivity index (χ0v) is 35.8. The maximum atomic E-state index is 11.2. The Bertz CT molecular complexity index is 721. The van der Waals surface area contributed by atoms with Crippen molar-refractivity contribution >= 4 is 5.97 Å². The highest BCUT2D eigenvalue weighted by molar-refractivity contribution is 5.69. The van der Waals surface area contributed by atoms with Gasteiger partial charge in [0.05, 0.1) is 165 Å². The van der Waals surface area contributed by atoms with Crippen molar-refractivity contribution in [2.75, 3.05) is 165 Å². The molecule has 0 fully saturated rings. The molecule has 0 N–H and O–H groups in total. The van der Waals surface area contributed by atoms with Crippen molar-refractivity contribution in [2.45, 2.75) is 104 Å². The molecule has 336 valence electrons. The minimum Gasteiger partial charge on any atom is -0.466 e. The molecule has 0 saturated carbocycles. The first-order chi connectivity index (χ1) is 27.8. The van der Waals surface area contributed by atoms with Crippen LogP contribution in [0.3, 0.4) is 0 Å². The molecule has 0 aromatic heterocycles. The second-order valence-electron chi connectivity index (χ2n) is 13.1. The van der Waals surface area contributed by atoms with Gasteiger partial charge in [-0.15, -0.1) is 0 Å². The average molecular weight is 813 g/mol. The van der Waals surface area contributed by atoms with E-state index in [4.69, 9.17) is 61.6 Å². The molecule has 0 spiro atoms. The summed E-state index contributed by atoms with van der Waals surface area (Å²) >= 11 is 0. The third-order valence-electron chi connectivity index (χ3n) is 8.24. The molecule has 0 aliphatic rings. The van der Waals surface area contributed by atoms with Crippen molar-refractivity contribution in [3.8, 4) is 0 Å². The van der Waals surface area contributed by atoms with Gasteiger partial charge in [-0.05, 0) is 13.3 Å². The molecule has 56 heavy (non-hydrogen) atoms. The van der Waals surface area contributed by atoms with Gasteiger partial charge in [0.25, 0.3) is 0 Å². The fourth-order valence-electron chi connectivity index (χ4n) is 5.13. The lowest BCUT2D eigenvalue weighted by atomic mass is 10.0. The quantitative estimate of drug-likeness (QED) is 0.0507. The van der Waals surface area contributed by atoms with Gasteiger partial charge in [-0.3, -0.25) is 4.79 Å². The van der Waals surface area contributed by atoms with Gasteiger partial charge in [-0.25, -0.2) is 0 Å². The molecular formula is C42H84O14. The smallest absolute Gasteiger partial charge is 0.308 e. The standard InChI is InChI=1S/C42H84O14/c1-3-5-6-7-8-9-10-11-12-13-14-15-16-18-44-20-22-46-24-26-48-28-30-50-32-34-52-36-38-54-40-41-55-39-37-53-35-33-51-31-29-49-27-25-47-23-21-45-19-17-42(43)56-4-2/h3-41H2,1-2H3. The topological polar surface area (TPSA) is 137 Å². The van der Waals surface area contributed by atoms with E-state index in [1.807, 2.05) is 0 Å². The summed E-state index contributed by atoms with van der Waals surface area (Å²) in [5, 5.41) is 0. The molecule has 0 atom stereocenters. The van der Waals surface area contributed by atoms with Crippen LogP contribution in [0.4, 0.5) is 0 Å². The highest BCUT2D eigenvalue weighted by Crippen LogP contribution is 2.12. The van der Waals surface area contributed by atoms with Crippen LogP contribution in [0.2, 0.25) is 0 Å². The minimum atomic E-state index is -0.249. The molecule has 0 aliphatic heterocycles. The second kappa shape index (κ2) is 52.0. The van der Waals surface area contributed by atoms with E-state index in [2.05, 4.69) is 6.92 Å². The molecule has 0 saturated heterocycles. The van der Waals surface area contributed by atoms with Gasteiger partial charge in [0, 0.05) is 6.61 Å². The van der Waals surface area contributed by atoms with Crippen molar-refractivity contribution in [3.63, 3.8) is 0 Å². The van der Waals surface area contributed by atoms with Crippen LogP contribution in [-0.2, 0) is 66.4 Å². The van der Waals surface area contributed by atoms with E-state index in [9.17, 15) is 4.79 Å². The molecule has 14 nitrogen and oxygen atoms in total. The van der Waals surface area contributed by atoms with Gasteiger partial charge in [0.15, 0.2) is 0 Å². The summed E-state index contributed by atoms with van der Waals surface area (Å²) in [6, 6.07) is 0. The Kier molecular flexibility index (Phi) is 51.1. The van der Waals surface area contributed by atoms with Gasteiger partial charge in [-0.2, -0.15) is 0 Å². The number of ether oxygens (including phenoxy) is 13. The van der Waals surface area contributed by atoms with Crippen LogP contribution in [0.25, 0.3) is 0 Å². The van der Waals surface area contributed by atoms with Crippen LogP contribution in [0.5, 0.6) is 0 Å². The Hall–Kier alpha value is -1.01. The predicted molar refractivity (Wildman–Crippen MR) is 217 cm³/mol. The summed E-state index contributed by atoms with van der Waals surface area (Å²) in [7, 11) is 0. The molecular weight excluding hydrogens is 728 g/mol. The highest BCUT2D eigenvalue weighted by Gasteiger charge is 2.01. The molecule has 0 rings (SSSR count). The summed E-state index contributed by atoms with van der Waals surface area (Å²) in [6.07, 6.45) is 18.0. The van der Waals surface area contributed by atoms with Gasteiger partial charge >= 0.3 is 5.97 Å². The normalized spacial score (nSPS) is 11.5. The fraction of sp³-hybridized carbons (Fsp3) is 0.976. The summed E-state index contributed by atoms with van der Waals surface area (Å²) in [5.74, 6) is -0.249. The third-order valence-corrected chi connectivity index (χ3v) is 8.24. The summed E-state index contributed by atoms with van der Waals surface area (Å²) in [5.41, 5.74) is 0. The van der Waals surface area contributed by atoms with Crippen molar-refractivity contribution in [1.29, 1.82) is 0 Å². The van der Waals surface area contributed by atoms with E-state index < -0.39 is 0 Å². The number of esters is 1. The molecule has 0 aromatic carbocycles. The highest BCUT2D eigenvalue weighted by atomic mass is 16.6. The maximum Gasteiger partial charge on any atom is 0.308 e. The lowest BCUT2D eigenvalue weighted by Crippen LogP contribution is -2.15. The molecule has 0 bridgehead atoms. The predicted octanol–water partition coefficient (Wildman–Crippen LogP) is 6.23. The molecule has 0 amide bonds. The number of rotatable bonds is 51. The fourth-order valence-corrected chi connectivity index (χ4v) is 5.13. The largest absolute Gasteiger partial charge is 0.466 e. The van der Waals surface area contributed by atoms with E-state index in [1.54, 1.807) is 6.92 Å². The number of hydrogen-bond donors (Lipinski definition) is 0. The zero-order chi connectivity index (χ0) is 40.3. The first-order valence-electron chi connectivity index (χ1n) is 21.9. The first-order valence-corrected chi connectivity index (χ1v) is 21.9. The van der Waals surface area contributed by atoms with Gasteiger partial charge in [0.2, 0.25) is 0 Å². The Morgan fingerprint density at radius 1 is 0.268 bits per heavy atom. The first kappa shape index (κ1) is 55.0. The molecule has 0 heterocycles. The van der Waals surface area contributed by atoms with Crippen LogP contribution in [0.1, 0.15) is 104 Å². The Morgan fingerprint density at radius 2 is 0.482 bits per heavy atom. The monoisotopic (exact) mass is 813 g/mol. The van der Waals surface area contributed by atoms with Crippen molar-refractivity contribution in [1.82, 2.24) is 0 Å². The van der Waals surface area contributed by atoms with Crippen molar-refractivity contribution < 1.29 is 66.4 Å². The molecule has 0 radical (unpaired) electrons. The second-order valence-corrected chi connectivity index (χ2v) is 13.1. The minimum absolute atomic E-state index is 0.249. The van der Waals surface area contributed by atoms with Gasteiger partial charge in [0.1, 0.15) is 0 Å². The summed E-state index contributed by atoms with van der Waals surface area (Å²) in [6.45, 7) is 16.9. The lowest BCUT2D eigenvalue weighted by Gasteiger charge is -2.09. The Labute approximate surface area is 340 Å². The molecule has 0 aliphatic carbocycles. The Morgan fingerprint density at radius 3 is 0.732 bits per heavy atom. The number of hydrogen-bond acceptors (Lipinski definition) is 14. The van der Waals surface area contributed by atoms with Crippen molar-refractivity contribution in [3.05, 3.63) is 0 Å². The summed E-state index contributed by atoms with van der Waals surface area (Å²) in [4.78, 5) is 11.2.